The van der Waals surface area contributed by atoms with Crippen LogP contribution in [0.3, 0.4) is 0 Å². The molecular weight excluding hydrogens is 674 g/mol. The Labute approximate surface area is 285 Å². The standard InChI is InChI=1S/C27H47N9O10S2/c28-16(26(43)44)4-6-20(37)35-18-14-47-48-15-19(36-21(38)7-5-17(29)27(45)46)25(42)34-13-23(40)32-11-3-9-30-8-1-2-10-31-22(39)12-33-24(18)41/h16-19,30H,1-15,28-29H2,(H,31,39)(H,32,40)(H,33,41)(H,34,42)(H,35,37)(H,36,38)(H,43,44)(H,45,46)/t16-,17+,18-,19+/m0/s1. The maximum atomic E-state index is 13.0. The monoisotopic (exact) mass is 721 g/mol. The van der Waals surface area contributed by atoms with Crippen LogP contribution in [0.15, 0.2) is 0 Å². The molecule has 21 heteroatoms. The molecule has 13 N–H and O–H groups in total. The first-order valence-electron chi connectivity index (χ1n) is 15.4. The zero-order valence-electron chi connectivity index (χ0n) is 26.5. The van der Waals surface area contributed by atoms with Crippen molar-refractivity contribution >= 4 is 69.0 Å². The number of amides is 6. The first kappa shape index (κ1) is 42.4. The van der Waals surface area contributed by atoms with Crippen LogP contribution in [-0.4, -0.2) is 133 Å². The van der Waals surface area contributed by atoms with E-state index in [1.54, 1.807) is 0 Å². The van der Waals surface area contributed by atoms with E-state index in [9.17, 15) is 38.4 Å². The second-order valence-electron chi connectivity index (χ2n) is 10.7. The Kier molecular flexibility index (Phi) is 21.6. The van der Waals surface area contributed by atoms with Crippen molar-refractivity contribution in [2.75, 3.05) is 50.8 Å². The number of hydrogen-bond donors (Lipinski definition) is 11. The maximum Gasteiger partial charge on any atom is 0.320 e. The maximum absolute atomic E-state index is 13.0. The quantitative estimate of drug-likeness (QED) is 0.0957. The third-order valence-corrected chi connectivity index (χ3v) is 9.08. The van der Waals surface area contributed by atoms with Gasteiger partial charge in [0.25, 0.3) is 0 Å². The summed E-state index contributed by atoms with van der Waals surface area (Å²) in [6.07, 6.45) is 1.17. The number of carbonyl (C=O) groups is 8. The van der Waals surface area contributed by atoms with E-state index < -0.39 is 71.5 Å². The Morgan fingerprint density at radius 1 is 0.667 bits per heavy atom. The third-order valence-electron chi connectivity index (χ3n) is 6.66. The summed E-state index contributed by atoms with van der Waals surface area (Å²) < 4.78 is 0. The van der Waals surface area contributed by atoms with Gasteiger partial charge in [-0.05, 0) is 45.2 Å². The molecule has 0 aromatic carbocycles. The molecule has 0 aliphatic carbocycles. The first-order chi connectivity index (χ1) is 22.8. The summed E-state index contributed by atoms with van der Waals surface area (Å²) in [6, 6.07) is -4.89. The van der Waals surface area contributed by atoms with Gasteiger partial charge in [-0.25, -0.2) is 0 Å². The van der Waals surface area contributed by atoms with Crippen molar-refractivity contribution in [2.24, 2.45) is 11.5 Å². The lowest BCUT2D eigenvalue weighted by Gasteiger charge is -2.20. The third kappa shape index (κ3) is 19.9. The number of nitrogens with two attached hydrogens (primary N) is 2. The van der Waals surface area contributed by atoms with Gasteiger partial charge in [0.05, 0.1) is 13.1 Å². The second-order valence-corrected chi connectivity index (χ2v) is 13.3. The van der Waals surface area contributed by atoms with Crippen LogP contribution in [0.5, 0.6) is 0 Å². The zero-order chi connectivity index (χ0) is 35.9. The molecule has 1 saturated heterocycles. The molecule has 1 aliphatic heterocycles. The van der Waals surface area contributed by atoms with E-state index in [2.05, 4.69) is 37.2 Å². The van der Waals surface area contributed by atoms with Crippen molar-refractivity contribution in [3.8, 4) is 0 Å². The summed E-state index contributed by atoms with van der Waals surface area (Å²) in [7, 11) is 2.12. The molecule has 1 aliphatic rings. The molecule has 0 saturated carbocycles. The van der Waals surface area contributed by atoms with Crippen LogP contribution in [0.1, 0.15) is 44.9 Å². The second kappa shape index (κ2) is 24.5. The van der Waals surface area contributed by atoms with Gasteiger partial charge in [0.15, 0.2) is 0 Å². The molecule has 0 aromatic heterocycles. The van der Waals surface area contributed by atoms with E-state index >= 15 is 0 Å². The Bertz CT molecular complexity index is 1030. The highest BCUT2D eigenvalue weighted by atomic mass is 33.1. The number of carboxylic acid groups (broad SMARTS) is 2. The lowest BCUT2D eigenvalue weighted by Crippen LogP contribution is -2.51. The molecular formula is C27H47N9O10S2. The van der Waals surface area contributed by atoms with Crippen LogP contribution < -0.4 is 48.7 Å². The normalized spacial score (nSPS) is 21.5. The smallest absolute Gasteiger partial charge is 0.320 e. The molecule has 0 radical (unpaired) electrons. The summed E-state index contributed by atoms with van der Waals surface area (Å²) in [5, 5.41) is 36.5. The zero-order valence-corrected chi connectivity index (χ0v) is 28.2. The van der Waals surface area contributed by atoms with E-state index in [1.165, 1.54) is 0 Å². The predicted molar refractivity (Wildman–Crippen MR) is 177 cm³/mol. The lowest BCUT2D eigenvalue weighted by atomic mass is 10.1. The van der Waals surface area contributed by atoms with Crippen molar-refractivity contribution < 1.29 is 48.6 Å². The van der Waals surface area contributed by atoms with Gasteiger partial charge < -0.3 is 58.9 Å². The molecule has 0 spiro atoms. The number of nitrogens with one attached hydrogen (secondary N) is 7. The summed E-state index contributed by atoms with van der Waals surface area (Å²) in [4.78, 5) is 97.4. The molecule has 0 bridgehead atoms. The minimum Gasteiger partial charge on any atom is -0.480 e. The van der Waals surface area contributed by atoms with Crippen molar-refractivity contribution in [2.45, 2.75) is 69.1 Å². The predicted octanol–water partition coefficient (Wildman–Crippen LogP) is -4.04. The summed E-state index contributed by atoms with van der Waals surface area (Å²) in [6.45, 7) is 1.36. The topological polar surface area (TPSA) is 313 Å². The Balaban J connectivity index is 2.98. The van der Waals surface area contributed by atoms with E-state index in [0.29, 0.717) is 39.0 Å². The minimum absolute atomic E-state index is 0.0556. The van der Waals surface area contributed by atoms with Gasteiger partial charge in [0.2, 0.25) is 35.4 Å². The van der Waals surface area contributed by atoms with Gasteiger partial charge >= 0.3 is 11.9 Å². The van der Waals surface area contributed by atoms with E-state index in [-0.39, 0.29) is 50.3 Å². The highest BCUT2D eigenvalue weighted by Crippen LogP contribution is 2.23. The minimum atomic E-state index is -1.29. The van der Waals surface area contributed by atoms with Crippen LogP contribution >= 0.6 is 21.6 Å². The van der Waals surface area contributed by atoms with Gasteiger partial charge in [-0.1, -0.05) is 21.6 Å². The van der Waals surface area contributed by atoms with Gasteiger partial charge in [0.1, 0.15) is 24.2 Å². The summed E-state index contributed by atoms with van der Waals surface area (Å²) in [5.74, 6) is -6.23. The molecule has 48 heavy (non-hydrogen) atoms. The van der Waals surface area contributed by atoms with Gasteiger partial charge in [0, 0.05) is 37.4 Å². The molecule has 19 nitrogen and oxygen atoms in total. The largest absolute Gasteiger partial charge is 0.480 e. The number of carboxylic acids is 2. The molecule has 4 atom stereocenters. The van der Waals surface area contributed by atoms with Crippen LogP contribution in [-0.2, 0) is 38.4 Å². The summed E-state index contributed by atoms with van der Waals surface area (Å²) in [5.41, 5.74) is 10.9. The average molecular weight is 722 g/mol. The van der Waals surface area contributed by atoms with Crippen molar-refractivity contribution in [3.05, 3.63) is 0 Å². The van der Waals surface area contributed by atoms with Crippen LogP contribution in [0.2, 0.25) is 0 Å². The van der Waals surface area contributed by atoms with Crippen LogP contribution in [0, 0.1) is 0 Å². The highest BCUT2D eigenvalue weighted by molar-refractivity contribution is 8.76. The molecule has 1 fully saturated rings. The van der Waals surface area contributed by atoms with Crippen molar-refractivity contribution in [3.63, 3.8) is 0 Å². The SMILES string of the molecule is N[C@H](CCC(=O)N[C@@H]1CSSC[C@H](NC(=O)CC[C@H](N)C(=O)O)C(=O)NCC(=O)NCCCCNCCCNC(=O)CNC1=O)C(=O)O. The van der Waals surface area contributed by atoms with Crippen molar-refractivity contribution in [1.29, 1.82) is 0 Å². The number of hydrogen-bond acceptors (Lipinski definition) is 13. The fourth-order valence-corrected chi connectivity index (χ4v) is 6.15. The summed E-state index contributed by atoms with van der Waals surface area (Å²) >= 11 is 0. The Hall–Kier alpha value is -3.66. The van der Waals surface area contributed by atoms with E-state index in [0.717, 1.165) is 28.0 Å². The molecule has 1 rings (SSSR count). The van der Waals surface area contributed by atoms with Crippen molar-refractivity contribution in [1.82, 2.24) is 37.2 Å². The number of rotatable bonds is 10. The molecule has 1 heterocycles. The Morgan fingerprint density at radius 3 is 1.50 bits per heavy atom. The van der Waals surface area contributed by atoms with E-state index in [4.69, 9.17) is 21.7 Å². The highest BCUT2D eigenvalue weighted by Gasteiger charge is 2.25. The van der Waals surface area contributed by atoms with Gasteiger partial charge in [-0.3, -0.25) is 38.4 Å². The fraction of sp³-hybridized carbons (Fsp3) is 0.704. The number of carbonyl (C=O) groups excluding carboxylic acids is 6. The van der Waals surface area contributed by atoms with Gasteiger partial charge in [-0.15, -0.1) is 0 Å². The lowest BCUT2D eigenvalue weighted by molar-refractivity contribution is -0.140. The molecule has 0 aromatic rings. The van der Waals surface area contributed by atoms with Gasteiger partial charge in [-0.2, -0.15) is 0 Å². The first-order valence-corrected chi connectivity index (χ1v) is 17.9. The molecule has 272 valence electrons. The average Bonchev–Trinajstić information content (AvgIpc) is 3.04. The van der Waals surface area contributed by atoms with Crippen LogP contribution in [0.25, 0.3) is 0 Å². The molecule has 0 unspecified atom stereocenters. The molecule has 6 amide bonds. The Morgan fingerprint density at radius 2 is 1.06 bits per heavy atom. The van der Waals surface area contributed by atoms with Crippen LogP contribution in [0.4, 0.5) is 0 Å². The fourth-order valence-electron chi connectivity index (χ4n) is 3.83. The van der Waals surface area contributed by atoms with E-state index in [1.807, 2.05) is 0 Å². The number of aliphatic carboxylic acids is 2.